The van der Waals surface area contributed by atoms with Gasteiger partial charge in [-0.15, -0.1) is 11.3 Å². The maximum absolute atomic E-state index is 5.78. The summed E-state index contributed by atoms with van der Waals surface area (Å²) in [7, 11) is 0. The summed E-state index contributed by atoms with van der Waals surface area (Å²) in [6.45, 7) is 7.21. The van der Waals surface area contributed by atoms with Gasteiger partial charge >= 0.3 is 0 Å². The van der Waals surface area contributed by atoms with Crippen molar-refractivity contribution < 1.29 is 4.42 Å². The topological polar surface area (TPSA) is 38.1 Å². The van der Waals surface area contributed by atoms with Crippen LogP contribution >= 0.6 is 11.3 Å². The van der Waals surface area contributed by atoms with Crippen LogP contribution in [0.25, 0.3) is 10.6 Å². The van der Waals surface area contributed by atoms with Gasteiger partial charge in [0.2, 0.25) is 5.89 Å². The minimum atomic E-state index is 0.166. The summed E-state index contributed by atoms with van der Waals surface area (Å²) >= 11 is 1.77. The fourth-order valence-electron chi connectivity index (χ4n) is 1.70. The summed E-state index contributed by atoms with van der Waals surface area (Å²) in [6.07, 6.45) is 2.88. The van der Waals surface area contributed by atoms with Gasteiger partial charge in [0.1, 0.15) is 0 Å². The second-order valence-corrected chi connectivity index (χ2v) is 5.13. The second-order valence-electron chi connectivity index (χ2n) is 3.96. The van der Waals surface area contributed by atoms with Crippen molar-refractivity contribution in [2.75, 3.05) is 6.54 Å². The highest BCUT2D eigenvalue weighted by atomic mass is 32.1. The van der Waals surface area contributed by atoms with Gasteiger partial charge in [0.15, 0.2) is 5.76 Å². The van der Waals surface area contributed by atoms with E-state index in [1.165, 1.54) is 4.88 Å². The Morgan fingerprint density at radius 3 is 2.88 bits per heavy atom. The molecule has 0 amide bonds. The number of nitrogens with zero attached hydrogens (tertiary/aromatic N) is 1. The number of thiophene rings is 1. The van der Waals surface area contributed by atoms with E-state index in [1.54, 1.807) is 11.3 Å². The van der Waals surface area contributed by atoms with Crippen molar-refractivity contribution in [1.82, 2.24) is 10.3 Å². The highest BCUT2D eigenvalue weighted by Gasteiger charge is 2.13. The lowest BCUT2D eigenvalue weighted by Crippen LogP contribution is -2.17. The highest BCUT2D eigenvalue weighted by molar-refractivity contribution is 7.15. The Bertz CT molecular complexity index is 475. The van der Waals surface area contributed by atoms with Crippen molar-refractivity contribution in [3.05, 3.63) is 29.1 Å². The molecule has 2 rings (SSSR count). The molecule has 1 N–H and O–H groups in total. The lowest BCUT2D eigenvalue weighted by molar-refractivity contribution is 0.429. The van der Waals surface area contributed by atoms with Gasteiger partial charge in [0, 0.05) is 4.88 Å². The van der Waals surface area contributed by atoms with E-state index in [-0.39, 0.29) is 6.04 Å². The quantitative estimate of drug-likeness (QED) is 0.880. The van der Waals surface area contributed by atoms with Crippen LogP contribution in [-0.2, 0) is 6.42 Å². The molecule has 0 radical (unpaired) electrons. The fourth-order valence-corrected chi connectivity index (χ4v) is 2.59. The van der Waals surface area contributed by atoms with Crippen LogP contribution in [0.5, 0.6) is 0 Å². The normalized spacial score (nSPS) is 12.9. The van der Waals surface area contributed by atoms with Crippen LogP contribution in [0.1, 0.15) is 37.6 Å². The first kappa shape index (κ1) is 12.3. The highest BCUT2D eigenvalue weighted by Crippen LogP contribution is 2.29. The molecule has 0 aromatic carbocycles. The van der Waals surface area contributed by atoms with E-state index in [2.05, 4.69) is 43.2 Å². The standard InChI is InChI=1S/C13H18N2OS/c1-4-10-6-7-12(17-10)11-8-15-13(16-11)9(3)14-5-2/h6-9,14H,4-5H2,1-3H3. The van der Waals surface area contributed by atoms with Crippen LogP contribution in [0, 0.1) is 0 Å². The van der Waals surface area contributed by atoms with Crippen LogP contribution in [0.3, 0.4) is 0 Å². The molecule has 0 saturated carbocycles. The van der Waals surface area contributed by atoms with Crippen molar-refractivity contribution in [3.63, 3.8) is 0 Å². The monoisotopic (exact) mass is 250 g/mol. The first-order valence-corrected chi connectivity index (χ1v) is 6.84. The van der Waals surface area contributed by atoms with Crippen LogP contribution in [-0.4, -0.2) is 11.5 Å². The molecule has 0 spiro atoms. The summed E-state index contributed by atoms with van der Waals surface area (Å²) in [5.41, 5.74) is 0. The Morgan fingerprint density at radius 1 is 1.41 bits per heavy atom. The fraction of sp³-hybridized carbons (Fsp3) is 0.462. The largest absolute Gasteiger partial charge is 0.438 e. The molecule has 0 bridgehead atoms. The third-order valence-electron chi connectivity index (χ3n) is 2.66. The first-order valence-electron chi connectivity index (χ1n) is 6.02. The lowest BCUT2D eigenvalue weighted by Gasteiger charge is -2.06. The van der Waals surface area contributed by atoms with Crippen molar-refractivity contribution in [2.45, 2.75) is 33.2 Å². The SMILES string of the molecule is CCNC(C)c1ncc(-c2ccc(CC)s2)o1. The van der Waals surface area contributed by atoms with E-state index in [0.29, 0.717) is 0 Å². The molecule has 2 aromatic rings. The Kier molecular flexibility index (Phi) is 3.97. The summed E-state index contributed by atoms with van der Waals surface area (Å²) in [6, 6.07) is 4.42. The van der Waals surface area contributed by atoms with E-state index in [1.807, 2.05) is 6.20 Å². The van der Waals surface area contributed by atoms with Crippen molar-refractivity contribution >= 4 is 11.3 Å². The van der Waals surface area contributed by atoms with E-state index in [9.17, 15) is 0 Å². The van der Waals surface area contributed by atoms with Crippen LogP contribution < -0.4 is 5.32 Å². The van der Waals surface area contributed by atoms with Crippen LogP contribution in [0.2, 0.25) is 0 Å². The first-order chi connectivity index (χ1) is 8.24. The molecule has 92 valence electrons. The number of hydrogen-bond acceptors (Lipinski definition) is 4. The molecule has 0 aliphatic carbocycles. The molecular weight excluding hydrogens is 232 g/mol. The third-order valence-corrected chi connectivity index (χ3v) is 3.90. The predicted molar refractivity (Wildman–Crippen MR) is 71.3 cm³/mol. The molecule has 3 nitrogen and oxygen atoms in total. The number of aryl methyl sites for hydroxylation is 1. The van der Waals surface area contributed by atoms with Gasteiger partial charge in [-0.2, -0.15) is 0 Å². The zero-order valence-corrected chi connectivity index (χ0v) is 11.3. The number of rotatable bonds is 5. The summed E-state index contributed by atoms with van der Waals surface area (Å²) in [5, 5.41) is 3.29. The number of aromatic nitrogens is 1. The van der Waals surface area contributed by atoms with Gasteiger partial charge < -0.3 is 9.73 Å². The predicted octanol–water partition coefficient (Wildman–Crippen LogP) is 3.64. The van der Waals surface area contributed by atoms with E-state index in [0.717, 1.165) is 29.5 Å². The molecule has 1 unspecified atom stereocenters. The zero-order valence-electron chi connectivity index (χ0n) is 10.5. The average molecular weight is 250 g/mol. The molecule has 2 aromatic heterocycles. The molecule has 0 saturated heterocycles. The molecule has 0 fully saturated rings. The van der Waals surface area contributed by atoms with E-state index >= 15 is 0 Å². The van der Waals surface area contributed by atoms with Crippen LogP contribution in [0.4, 0.5) is 0 Å². The van der Waals surface area contributed by atoms with Gasteiger partial charge in [-0.3, -0.25) is 0 Å². The minimum Gasteiger partial charge on any atom is -0.438 e. The Morgan fingerprint density at radius 2 is 2.24 bits per heavy atom. The molecule has 1 atom stereocenters. The van der Waals surface area contributed by atoms with Crippen molar-refractivity contribution in [1.29, 1.82) is 0 Å². The van der Waals surface area contributed by atoms with Gasteiger partial charge in [-0.25, -0.2) is 4.98 Å². The third kappa shape index (κ3) is 2.76. The van der Waals surface area contributed by atoms with Gasteiger partial charge in [-0.1, -0.05) is 13.8 Å². The van der Waals surface area contributed by atoms with Gasteiger partial charge in [0.25, 0.3) is 0 Å². The Labute approximate surface area is 106 Å². The molecule has 0 aliphatic rings. The number of hydrogen-bond donors (Lipinski definition) is 1. The maximum atomic E-state index is 5.78. The number of nitrogens with one attached hydrogen (secondary N) is 1. The van der Waals surface area contributed by atoms with Gasteiger partial charge in [-0.05, 0) is 32.0 Å². The summed E-state index contributed by atoms with van der Waals surface area (Å²) in [5.74, 6) is 1.63. The zero-order chi connectivity index (χ0) is 12.3. The Balaban J connectivity index is 2.17. The second kappa shape index (κ2) is 5.47. The average Bonchev–Trinajstić information content (AvgIpc) is 2.98. The minimum absolute atomic E-state index is 0.166. The molecule has 2 heterocycles. The van der Waals surface area contributed by atoms with Crippen molar-refractivity contribution in [2.24, 2.45) is 0 Å². The summed E-state index contributed by atoms with van der Waals surface area (Å²) in [4.78, 5) is 6.85. The van der Waals surface area contributed by atoms with Crippen molar-refractivity contribution in [3.8, 4) is 10.6 Å². The Hall–Kier alpha value is -1.13. The molecular formula is C13H18N2OS. The molecule has 0 aliphatic heterocycles. The molecule has 17 heavy (non-hydrogen) atoms. The number of oxazole rings is 1. The van der Waals surface area contributed by atoms with E-state index in [4.69, 9.17) is 4.42 Å². The molecule has 4 heteroatoms. The lowest BCUT2D eigenvalue weighted by atomic mass is 10.3. The van der Waals surface area contributed by atoms with E-state index < -0.39 is 0 Å². The van der Waals surface area contributed by atoms with Gasteiger partial charge in [0.05, 0.1) is 17.1 Å². The summed E-state index contributed by atoms with van der Waals surface area (Å²) < 4.78 is 5.78. The maximum Gasteiger partial charge on any atom is 0.211 e. The smallest absolute Gasteiger partial charge is 0.211 e. The van der Waals surface area contributed by atoms with Crippen LogP contribution in [0.15, 0.2) is 22.7 Å².